The SMILES string of the molecule is CNC(=O)CN(c1ccc(C(C)C)cc1)S(=O)(=O)c1ccccc1. The molecular formula is C18H22N2O3S. The molecule has 2 rings (SSSR count). The number of nitrogens with zero attached hydrogens (tertiary/aromatic N) is 1. The first-order chi connectivity index (χ1) is 11.4. The molecule has 0 radical (unpaired) electrons. The molecule has 0 heterocycles. The Morgan fingerprint density at radius 1 is 1.04 bits per heavy atom. The van der Waals surface area contributed by atoms with Crippen LogP contribution in [0.2, 0.25) is 0 Å². The Kier molecular flexibility index (Phi) is 5.62. The molecule has 6 heteroatoms. The highest BCUT2D eigenvalue weighted by atomic mass is 32.2. The standard InChI is InChI=1S/C18H22N2O3S/c1-14(2)15-9-11-16(12-10-15)20(13-18(21)19-3)24(22,23)17-7-5-4-6-8-17/h4-12,14H,13H2,1-3H3,(H,19,21). The second-order valence-electron chi connectivity index (χ2n) is 5.74. The van der Waals surface area contributed by atoms with Crippen LogP contribution >= 0.6 is 0 Å². The molecule has 0 saturated heterocycles. The summed E-state index contributed by atoms with van der Waals surface area (Å²) in [5, 5.41) is 2.47. The summed E-state index contributed by atoms with van der Waals surface area (Å²) in [5.74, 6) is -0.0281. The first kappa shape index (κ1) is 18.0. The van der Waals surface area contributed by atoms with Gasteiger partial charge in [0.2, 0.25) is 5.91 Å². The van der Waals surface area contributed by atoms with E-state index in [1.807, 2.05) is 12.1 Å². The highest BCUT2D eigenvalue weighted by molar-refractivity contribution is 7.92. The molecule has 2 aromatic rings. The van der Waals surface area contributed by atoms with E-state index >= 15 is 0 Å². The van der Waals surface area contributed by atoms with Crippen LogP contribution in [0.5, 0.6) is 0 Å². The molecule has 0 fully saturated rings. The van der Waals surface area contributed by atoms with Crippen LogP contribution in [0.15, 0.2) is 59.5 Å². The third-order valence-electron chi connectivity index (χ3n) is 3.74. The number of carbonyl (C=O) groups is 1. The average Bonchev–Trinajstić information content (AvgIpc) is 2.60. The van der Waals surface area contributed by atoms with Crippen molar-refractivity contribution in [2.24, 2.45) is 0 Å². The minimum atomic E-state index is -3.82. The summed E-state index contributed by atoms with van der Waals surface area (Å²) >= 11 is 0. The summed E-state index contributed by atoms with van der Waals surface area (Å²) in [6.45, 7) is 3.87. The highest BCUT2D eigenvalue weighted by Crippen LogP contribution is 2.25. The smallest absolute Gasteiger partial charge is 0.264 e. The number of hydrogen-bond acceptors (Lipinski definition) is 3. The molecule has 0 spiro atoms. The monoisotopic (exact) mass is 346 g/mol. The summed E-state index contributed by atoms with van der Waals surface area (Å²) < 4.78 is 27.0. The maximum Gasteiger partial charge on any atom is 0.264 e. The second kappa shape index (κ2) is 7.49. The number of likely N-dealkylation sites (N-methyl/N-ethyl adjacent to an activating group) is 1. The van der Waals surface area contributed by atoms with Crippen LogP contribution in [0.4, 0.5) is 5.69 Å². The summed E-state index contributed by atoms with van der Waals surface area (Å²) in [4.78, 5) is 12.0. The van der Waals surface area contributed by atoms with Crippen LogP contribution in [0.3, 0.4) is 0 Å². The van der Waals surface area contributed by atoms with Gasteiger partial charge in [0.1, 0.15) is 6.54 Å². The molecule has 128 valence electrons. The second-order valence-corrected chi connectivity index (χ2v) is 7.61. The first-order valence-corrected chi connectivity index (χ1v) is 9.18. The van der Waals surface area contributed by atoms with Crippen LogP contribution in [0.25, 0.3) is 0 Å². The molecule has 0 bridgehead atoms. The van der Waals surface area contributed by atoms with Crippen LogP contribution in [0, 0.1) is 0 Å². The molecule has 0 unspecified atom stereocenters. The van der Waals surface area contributed by atoms with Gasteiger partial charge in [-0.15, -0.1) is 0 Å². The fourth-order valence-electron chi connectivity index (χ4n) is 2.27. The van der Waals surface area contributed by atoms with E-state index in [2.05, 4.69) is 19.2 Å². The average molecular weight is 346 g/mol. The van der Waals surface area contributed by atoms with Gasteiger partial charge in [-0.1, -0.05) is 44.2 Å². The van der Waals surface area contributed by atoms with Gasteiger partial charge in [-0.25, -0.2) is 8.42 Å². The molecule has 5 nitrogen and oxygen atoms in total. The predicted molar refractivity (Wildman–Crippen MR) is 95.6 cm³/mol. The number of benzene rings is 2. The Bertz CT molecular complexity index is 785. The molecular weight excluding hydrogens is 324 g/mol. The molecule has 24 heavy (non-hydrogen) atoms. The minimum Gasteiger partial charge on any atom is -0.358 e. The number of nitrogens with one attached hydrogen (secondary N) is 1. The summed E-state index contributed by atoms with van der Waals surface area (Å²) in [6.07, 6.45) is 0. The Balaban J connectivity index is 2.47. The van der Waals surface area contributed by atoms with Crippen molar-refractivity contribution in [2.75, 3.05) is 17.9 Å². The maximum absolute atomic E-state index is 12.9. The van der Waals surface area contributed by atoms with Gasteiger partial charge in [0.05, 0.1) is 10.6 Å². The van der Waals surface area contributed by atoms with Gasteiger partial charge in [0, 0.05) is 7.05 Å². The Hall–Kier alpha value is -2.34. The van der Waals surface area contributed by atoms with E-state index in [1.54, 1.807) is 30.3 Å². The third kappa shape index (κ3) is 3.94. The van der Waals surface area contributed by atoms with Crippen molar-refractivity contribution in [3.8, 4) is 0 Å². The molecule has 0 saturated carbocycles. The van der Waals surface area contributed by atoms with E-state index in [4.69, 9.17) is 0 Å². The van der Waals surface area contributed by atoms with Crippen LogP contribution < -0.4 is 9.62 Å². The zero-order chi connectivity index (χ0) is 17.7. The lowest BCUT2D eigenvalue weighted by Gasteiger charge is -2.24. The zero-order valence-corrected chi connectivity index (χ0v) is 14.9. The van der Waals surface area contributed by atoms with Gasteiger partial charge in [-0.3, -0.25) is 9.10 Å². The predicted octanol–water partition coefficient (Wildman–Crippen LogP) is 2.75. The van der Waals surface area contributed by atoms with Crippen LogP contribution in [0.1, 0.15) is 25.3 Å². The molecule has 1 N–H and O–H groups in total. The van der Waals surface area contributed by atoms with Crippen molar-refractivity contribution in [1.29, 1.82) is 0 Å². The van der Waals surface area contributed by atoms with Crippen molar-refractivity contribution >= 4 is 21.6 Å². The van der Waals surface area contributed by atoms with Gasteiger partial charge < -0.3 is 5.32 Å². The van der Waals surface area contributed by atoms with Crippen molar-refractivity contribution < 1.29 is 13.2 Å². The first-order valence-electron chi connectivity index (χ1n) is 7.74. The van der Waals surface area contributed by atoms with Crippen LogP contribution in [-0.4, -0.2) is 27.9 Å². The fraction of sp³-hybridized carbons (Fsp3) is 0.278. The molecule has 0 atom stereocenters. The highest BCUT2D eigenvalue weighted by Gasteiger charge is 2.26. The largest absolute Gasteiger partial charge is 0.358 e. The van der Waals surface area contributed by atoms with Crippen molar-refractivity contribution in [3.63, 3.8) is 0 Å². The number of amides is 1. The summed E-state index contributed by atoms with van der Waals surface area (Å²) in [6, 6.07) is 15.4. The van der Waals surface area contributed by atoms with Gasteiger partial charge in [-0.2, -0.15) is 0 Å². The topological polar surface area (TPSA) is 66.5 Å². The molecule has 0 aliphatic heterocycles. The molecule has 1 amide bonds. The molecule has 0 aromatic heterocycles. The van der Waals surface area contributed by atoms with Gasteiger partial charge in [-0.05, 0) is 35.7 Å². The summed E-state index contributed by atoms with van der Waals surface area (Å²) in [5.41, 5.74) is 1.57. The van der Waals surface area contributed by atoms with Crippen molar-refractivity contribution in [1.82, 2.24) is 5.32 Å². The minimum absolute atomic E-state index is 0.154. The lowest BCUT2D eigenvalue weighted by molar-refractivity contribution is -0.119. The molecule has 0 aliphatic carbocycles. The maximum atomic E-state index is 12.9. The van der Waals surface area contributed by atoms with Gasteiger partial charge in [0.15, 0.2) is 0 Å². The number of rotatable bonds is 6. The molecule has 0 aliphatic rings. The van der Waals surface area contributed by atoms with Crippen LogP contribution in [-0.2, 0) is 14.8 Å². The number of anilines is 1. The van der Waals surface area contributed by atoms with E-state index in [0.29, 0.717) is 11.6 Å². The van der Waals surface area contributed by atoms with Crippen molar-refractivity contribution in [2.45, 2.75) is 24.7 Å². The fourth-order valence-corrected chi connectivity index (χ4v) is 3.71. The quantitative estimate of drug-likeness (QED) is 0.874. The van der Waals surface area contributed by atoms with Crippen molar-refractivity contribution in [3.05, 3.63) is 60.2 Å². The number of hydrogen-bond donors (Lipinski definition) is 1. The third-order valence-corrected chi connectivity index (χ3v) is 5.53. The van der Waals surface area contributed by atoms with E-state index in [1.165, 1.54) is 19.2 Å². The van der Waals surface area contributed by atoms with Gasteiger partial charge in [0.25, 0.3) is 10.0 Å². The number of carbonyl (C=O) groups excluding carboxylic acids is 1. The number of sulfonamides is 1. The van der Waals surface area contributed by atoms with E-state index in [0.717, 1.165) is 9.87 Å². The Labute approximate surface area is 143 Å². The lowest BCUT2D eigenvalue weighted by Crippen LogP contribution is -2.39. The zero-order valence-electron chi connectivity index (χ0n) is 14.1. The Morgan fingerprint density at radius 3 is 2.12 bits per heavy atom. The lowest BCUT2D eigenvalue weighted by atomic mass is 10.0. The van der Waals surface area contributed by atoms with E-state index in [9.17, 15) is 13.2 Å². The van der Waals surface area contributed by atoms with E-state index in [-0.39, 0.29) is 17.3 Å². The normalized spacial score (nSPS) is 11.3. The Morgan fingerprint density at radius 2 is 1.62 bits per heavy atom. The molecule has 2 aromatic carbocycles. The van der Waals surface area contributed by atoms with Gasteiger partial charge >= 0.3 is 0 Å². The van der Waals surface area contributed by atoms with E-state index < -0.39 is 10.0 Å². The summed E-state index contributed by atoms with van der Waals surface area (Å²) in [7, 11) is -2.34.